The fourth-order valence-corrected chi connectivity index (χ4v) is 2.98. The van der Waals surface area contributed by atoms with E-state index in [0.717, 1.165) is 17.3 Å². The topological polar surface area (TPSA) is 64.6 Å². The third-order valence-corrected chi connectivity index (χ3v) is 4.77. The lowest BCUT2D eigenvalue weighted by Crippen LogP contribution is -2.19. The zero-order valence-electron chi connectivity index (χ0n) is 13.4. The van der Waals surface area contributed by atoms with E-state index in [4.69, 9.17) is 9.47 Å². The Balaban J connectivity index is 1.73. The summed E-state index contributed by atoms with van der Waals surface area (Å²) in [5, 5.41) is 2.88. The monoisotopic (exact) mass is 401 g/mol. The highest BCUT2D eigenvalue weighted by Gasteiger charge is 2.31. The Morgan fingerprint density at radius 3 is 2.28 bits per heavy atom. The maximum atomic E-state index is 13.0. The van der Waals surface area contributed by atoms with Crippen molar-refractivity contribution < 1.29 is 19.1 Å². The molecule has 0 spiro atoms. The molecule has 2 aliphatic rings. The van der Waals surface area contributed by atoms with Crippen molar-refractivity contribution in [3.63, 3.8) is 0 Å². The summed E-state index contributed by atoms with van der Waals surface area (Å²) in [5.41, 5.74) is 1.41. The number of nitrogens with one attached hydrogen (secondary N) is 1. The molecule has 1 amide bonds. The number of rotatable bonds is 4. The van der Waals surface area contributed by atoms with E-state index in [1.54, 1.807) is 24.3 Å². The van der Waals surface area contributed by atoms with Crippen molar-refractivity contribution in [3.05, 3.63) is 52.0 Å². The fraction of sp³-hybridized carbons (Fsp3) is 0.263. The summed E-state index contributed by atoms with van der Waals surface area (Å²) in [4.78, 5) is 25.2. The molecule has 1 saturated carbocycles. The van der Waals surface area contributed by atoms with E-state index < -0.39 is 0 Å². The van der Waals surface area contributed by atoms with Crippen LogP contribution in [-0.4, -0.2) is 24.9 Å². The van der Waals surface area contributed by atoms with Crippen LogP contribution in [0.15, 0.2) is 40.9 Å². The van der Waals surface area contributed by atoms with E-state index >= 15 is 0 Å². The van der Waals surface area contributed by atoms with Crippen LogP contribution < -0.4 is 14.8 Å². The van der Waals surface area contributed by atoms with E-state index in [1.165, 1.54) is 0 Å². The lowest BCUT2D eigenvalue weighted by Gasteiger charge is -2.21. The molecule has 0 bridgehead atoms. The molecule has 1 heterocycles. The van der Waals surface area contributed by atoms with Gasteiger partial charge in [0, 0.05) is 22.0 Å². The van der Waals surface area contributed by atoms with Crippen molar-refractivity contribution in [1.29, 1.82) is 0 Å². The molecule has 1 aliphatic carbocycles. The van der Waals surface area contributed by atoms with E-state index in [1.807, 2.05) is 12.1 Å². The molecule has 0 aromatic heterocycles. The Morgan fingerprint density at radius 1 is 1.00 bits per heavy atom. The van der Waals surface area contributed by atoms with E-state index in [0.29, 0.717) is 41.5 Å². The fourth-order valence-electron chi connectivity index (χ4n) is 2.72. The number of halogens is 1. The van der Waals surface area contributed by atoms with Crippen LogP contribution in [0.25, 0.3) is 0 Å². The van der Waals surface area contributed by atoms with Gasteiger partial charge in [-0.25, -0.2) is 0 Å². The van der Waals surface area contributed by atoms with Crippen LogP contribution in [0, 0.1) is 5.92 Å². The maximum absolute atomic E-state index is 13.0. The Morgan fingerprint density at radius 2 is 1.64 bits per heavy atom. The van der Waals surface area contributed by atoms with Crippen molar-refractivity contribution in [3.8, 4) is 11.5 Å². The predicted molar refractivity (Wildman–Crippen MR) is 96.4 cm³/mol. The number of anilines is 1. The summed E-state index contributed by atoms with van der Waals surface area (Å²) in [6.45, 7) is 0.885. The van der Waals surface area contributed by atoms with Crippen LogP contribution in [0.4, 0.5) is 5.69 Å². The van der Waals surface area contributed by atoms with Crippen molar-refractivity contribution in [1.82, 2.24) is 0 Å². The average Bonchev–Trinajstić information content (AvgIpc) is 3.46. The van der Waals surface area contributed by atoms with Gasteiger partial charge in [0.05, 0.1) is 11.3 Å². The van der Waals surface area contributed by atoms with Gasteiger partial charge in [-0.1, -0.05) is 15.9 Å². The standard InChI is InChI=1S/C19H16BrNO4/c20-13-5-3-11(4-6-13)18(22)14-9-16-17(25-8-7-24-16)10-15(14)21-19(23)12-1-2-12/h3-6,9-10,12H,1-2,7-8H2,(H,21,23). The highest BCUT2D eigenvalue weighted by molar-refractivity contribution is 9.10. The first-order valence-corrected chi connectivity index (χ1v) is 8.96. The molecule has 1 N–H and O–H groups in total. The molecule has 0 saturated heterocycles. The Hall–Kier alpha value is -2.34. The smallest absolute Gasteiger partial charge is 0.227 e. The number of hydrogen-bond donors (Lipinski definition) is 1. The van der Waals surface area contributed by atoms with Crippen molar-refractivity contribution in [2.75, 3.05) is 18.5 Å². The summed E-state index contributed by atoms with van der Waals surface area (Å²) in [6, 6.07) is 10.5. The zero-order valence-corrected chi connectivity index (χ0v) is 15.0. The van der Waals surface area contributed by atoms with Gasteiger partial charge in [0.15, 0.2) is 17.3 Å². The minimum absolute atomic E-state index is 0.0452. The van der Waals surface area contributed by atoms with Gasteiger partial charge >= 0.3 is 0 Å². The van der Waals surface area contributed by atoms with Gasteiger partial charge in [-0.2, -0.15) is 0 Å². The van der Waals surface area contributed by atoms with E-state index in [9.17, 15) is 9.59 Å². The van der Waals surface area contributed by atoms with Gasteiger partial charge in [0.2, 0.25) is 5.91 Å². The predicted octanol–water partition coefficient (Wildman–Crippen LogP) is 3.80. The highest BCUT2D eigenvalue weighted by Crippen LogP contribution is 2.38. The van der Waals surface area contributed by atoms with Crippen LogP contribution in [0.1, 0.15) is 28.8 Å². The van der Waals surface area contributed by atoms with Crippen LogP contribution >= 0.6 is 15.9 Å². The quantitative estimate of drug-likeness (QED) is 0.791. The molecule has 0 atom stereocenters. The molecule has 1 fully saturated rings. The molecule has 2 aromatic rings. The average molecular weight is 402 g/mol. The second-order valence-corrected chi connectivity index (χ2v) is 7.06. The maximum Gasteiger partial charge on any atom is 0.227 e. The number of fused-ring (bicyclic) bond motifs is 1. The lowest BCUT2D eigenvalue weighted by molar-refractivity contribution is -0.117. The van der Waals surface area contributed by atoms with Gasteiger partial charge in [-0.15, -0.1) is 0 Å². The summed E-state index contributed by atoms with van der Waals surface area (Å²) in [6.07, 6.45) is 1.79. The second kappa shape index (κ2) is 6.52. The normalized spacial score (nSPS) is 15.6. The van der Waals surface area contributed by atoms with Gasteiger partial charge in [-0.05, 0) is 43.2 Å². The summed E-state index contributed by atoms with van der Waals surface area (Å²) < 4.78 is 12.1. The van der Waals surface area contributed by atoms with Crippen LogP contribution in [0.5, 0.6) is 11.5 Å². The first-order chi connectivity index (χ1) is 12.1. The SMILES string of the molecule is O=C(c1ccc(Br)cc1)c1cc2c(cc1NC(=O)C1CC1)OCCO2. The lowest BCUT2D eigenvalue weighted by atomic mass is 10.0. The van der Waals surface area contributed by atoms with Crippen LogP contribution in [-0.2, 0) is 4.79 Å². The zero-order chi connectivity index (χ0) is 17.4. The largest absolute Gasteiger partial charge is 0.486 e. The second-order valence-electron chi connectivity index (χ2n) is 6.14. The molecule has 2 aromatic carbocycles. The highest BCUT2D eigenvalue weighted by atomic mass is 79.9. The molecule has 0 radical (unpaired) electrons. The number of carbonyl (C=O) groups excluding carboxylic acids is 2. The van der Waals surface area contributed by atoms with Crippen molar-refractivity contribution in [2.24, 2.45) is 5.92 Å². The third kappa shape index (κ3) is 3.39. The summed E-state index contributed by atoms with van der Waals surface area (Å²) in [5.74, 6) is 0.891. The number of ether oxygens (including phenoxy) is 2. The van der Waals surface area contributed by atoms with Crippen molar-refractivity contribution in [2.45, 2.75) is 12.8 Å². The summed E-state index contributed by atoms with van der Waals surface area (Å²) >= 11 is 3.37. The molecular weight excluding hydrogens is 386 g/mol. The van der Waals surface area contributed by atoms with Crippen molar-refractivity contribution >= 4 is 33.3 Å². The van der Waals surface area contributed by atoms with Crippen LogP contribution in [0.3, 0.4) is 0 Å². The van der Waals surface area contributed by atoms with E-state index in [2.05, 4.69) is 21.2 Å². The summed E-state index contributed by atoms with van der Waals surface area (Å²) in [7, 11) is 0. The number of carbonyl (C=O) groups is 2. The molecule has 5 nitrogen and oxygen atoms in total. The van der Waals surface area contributed by atoms with Crippen LogP contribution in [0.2, 0.25) is 0 Å². The Bertz CT molecular complexity index is 843. The van der Waals surface area contributed by atoms with E-state index in [-0.39, 0.29) is 17.6 Å². The molecule has 25 heavy (non-hydrogen) atoms. The number of benzene rings is 2. The molecule has 0 unspecified atom stereocenters. The minimum Gasteiger partial charge on any atom is -0.486 e. The minimum atomic E-state index is -0.171. The first kappa shape index (κ1) is 16.1. The molecule has 1 aliphatic heterocycles. The van der Waals surface area contributed by atoms with Gasteiger partial charge in [0.25, 0.3) is 0 Å². The molecule has 128 valence electrons. The third-order valence-electron chi connectivity index (χ3n) is 4.24. The first-order valence-electron chi connectivity index (χ1n) is 8.16. The van der Waals surface area contributed by atoms with Gasteiger partial charge in [0.1, 0.15) is 13.2 Å². The molecule has 6 heteroatoms. The molecule has 4 rings (SSSR count). The Labute approximate surface area is 153 Å². The number of hydrogen-bond acceptors (Lipinski definition) is 4. The Kier molecular flexibility index (Phi) is 4.21. The number of ketones is 1. The molecular formula is C19H16BrNO4. The van der Waals surface area contributed by atoms with Gasteiger partial charge in [-0.3, -0.25) is 9.59 Å². The van der Waals surface area contributed by atoms with Gasteiger partial charge < -0.3 is 14.8 Å². The number of amides is 1.